The Bertz CT molecular complexity index is 885. The second-order valence-corrected chi connectivity index (χ2v) is 7.14. The van der Waals surface area contributed by atoms with E-state index in [4.69, 9.17) is 17.3 Å². The van der Waals surface area contributed by atoms with Crippen molar-refractivity contribution in [1.82, 2.24) is 10.2 Å². The fraction of sp³-hybridized carbons (Fsp3) is 0.250. The number of carbonyl (C=O) groups is 2. The summed E-state index contributed by atoms with van der Waals surface area (Å²) in [5.74, 6) is -0.441. The summed E-state index contributed by atoms with van der Waals surface area (Å²) >= 11 is 6.00. The van der Waals surface area contributed by atoms with Gasteiger partial charge in [0.25, 0.3) is 5.91 Å². The predicted octanol–water partition coefficient (Wildman–Crippen LogP) is 2.46. The number of halogens is 1. The van der Waals surface area contributed by atoms with Crippen LogP contribution in [0.2, 0.25) is 5.02 Å². The Morgan fingerprint density at radius 3 is 2.59 bits per heavy atom. The normalized spacial score (nSPS) is 19.1. The zero-order chi connectivity index (χ0) is 19.4. The lowest BCUT2D eigenvalue weighted by Gasteiger charge is -2.22. The summed E-state index contributed by atoms with van der Waals surface area (Å²) in [4.78, 5) is 30.8. The van der Waals surface area contributed by atoms with Crippen LogP contribution >= 0.6 is 11.6 Å². The van der Waals surface area contributed by atoms with Gasteiger partial charge in [-0.15, -0.1) is 0 Å². The fourth-order valence-corrected chi connectivity index (χ4v) is 3.23. The summed E-state index contributed by atoms with van der Waals surface area (Å²) in [5.41, 5.74) is 6.58. The molecule has 0 bridgehead atoms. The monoisotopic (exact) mass is 384 g/mol. The number of nitrogens with two attached hydrogens (primary N) is 1. The molecule has 140 valence electrons. The van der Waals surface area contributed by atoms with Gasteiger partial charge in [-0.25, -0.2) is 4.99 Å². The standard InChI is InChI=1S/C20H21ClN4O2/c1-20(11-17(26)23-12-14-6-3-2-4-7-14)18(27)25(19(22)24-20)13-15-8-5-9-16(21)10-15/h2-10H,11-13H2,1H3,(H2,22,24)(H,23,26). The number of rotatable bonds is 6. The first kappa shape index (κ1) is 18.9. The van der Waals surface area contributed by atoms with Crippen LogP contribution in [0.3, 0.4) is 0 Å². The first-order chi connectivity index (χ1) is 12.9. The van der Waals surface area contributed by atoms with Crippen molar-refractivity contribution < 1.29 is 9.59 Å². The lowest BCUT2D eigenvalue weighted by Crippen LogP contribution is -2.44. The summed E-state index contributed by atoms with van der Waals surface area (Å²) in [5, 5.41) is 3.40. The molecule has 0 fully saturated rings. The minimum Gasteiger partial charge on any atom is -0.369 e. The van der Waals surface area contributed by atoms with Gasteiger partial charge in [0.15, 0.2) is 5.96 Å². The van der Waals surface area contributed by atoms with Crippen molar-refractivity contribution in [2.45, 2.75) is 32.0 Å². The van der Waals surface area contributed by atoms with Gasteiger partial charge in [0.05, 0.1) is 13.0 Å². The van der Waals surface area contributed by atoms with Crippen LogP contribution in [0.1, 0.15) is 24.5 Å². The Balaban J connectivity index is 1.63. The number of amides is 2. The SMILES string of the molecule is CC1(CC(=O)NCc2ccccc2)N=C(N)N(Cc2cccc(Cl)c2)C1=O. The number of nitrogens with one attached hydrogen (secondary N) is 1. The van der Waals surface area contributed by atoms with E-state index in [0.29, 0.717) is 11.6 Å². The molecule has 2 amide bonds. The molecule has 0 spiro atoms. The summed E-state index contributed by atoms with van der Waals surface area (Å²) < 4.78 is 0. The van der Waals surface area contributed by atoms with E-state index in [1.54, 1.807) is 19.1 Å². The van der Waals surface area contributed by atoms with Crippen LogP contribution < -0.4 is 11.1 Å². The van der Waals surface area contributed by atoms with Crippen molar-refractivity contribution >= 4 is 29.4 Å². The number of hydrogen-bond donors (Lipinski definition) is 2. The summed E-state index contributed by atoms with van der Waals surface area (Å²) in [6, 6.07) is 16.8. The maximum atomic E-state index is 12.9. The van der Waals surface area contributed by atoms with Crippen LogP contribution in [0.4, 0.5) is 0 Å². The molecule has 1 atom stereocenters. The topological polar surface area (TPSA) is 87.8 Å². The van der Waals surface area contributed by atoms with Gasteiger partial charge in [-0.3, -0.25) is 14.5 Å². The lowest BCUT2D eigenvalue weighted by atomic mass is 9.97. The van der Waals surface area contributed by atoms with E-state index in [1.165, 1.54) is 4.90 Å². The Kier molecular flexibility index (Phi) is 5.46. The zero-order valence-electron chi connectivity index (χ0n) is 15.0. The molecular formula is C20H21ClN4O2. The van der Waals surface area contributed by atoms with Crippen LogP contribution in [0.15, 0.2) is 59.6 Å². The molecular weight excluding hydrogens is 364 g/mol. The third-order valence-electron chi connectivity index (χ3n) is 4.41. The lowest BCUT2D eigenvalue weighted by molar-refractivity contribution is -0.134. The van der Waals surface area contributed by atoms with Crippen molar-refractivity contribution in [2.24, 2.45) is 10.7 Å². The first-order valence-corrected chi connectivity index (χ1v) is 8.97. The number of nitrogens with zero attached hydrogens (tertiary/aromatic N) is 2. The van der Waals surface area contributed by atoms with E-state index in [-0.39, 0.29) is 30.7 Å². The molecule has 2 aromatic rings. The van der Waals surface area contributed by atoms with E-state index in [1.807, 2.05) is 42.5 Å². The quantitative estimate of drug-likeness (QED) is 0.801. The maximum Gasteiger partial charge on any atom is 0.257 e. The largest absolute Gasteiger partial charge is 0.369 e. The summed E-state index contributed by atoms with van der Waals surface area (Å²) in [6.45, 7) is 2.29. The smallest absolute Gasteiger partial charge is 0.257 e. The summed E-state index contributed by atoms with van der Waals surface area (Å²) in [6.07, 6.45) is -0.0641. The highest BCUT2D eigenvalue weighted by atomic mass is 35.5. The number of hydrogen-bond acceptors (Lipinski definition) is 4. The van der Waals surface area contributed by atoms with E-state index in [0.717, 1.165) is 11.1 Å². The first-order valence-electron chi connectivity index (χ1n) is 8.60. The highest BCUT2D eigenvalue weighted by Gasteiger charge is 2.45. The van der Waals surface area contributed by atoms with Crippen molar-refractivity contribution in [1.29, 1.82) is 0 Å². The molecule has 0 radical (unpaired) electrons. The molecule has 0 saturated heterocycles. The minimum atomic E-state index is -1.20. The Morgan fingerprint density at radius 2 is 1.89 bits per heavy atom. The van der Waals surface area contributed by atoms with Crippen LogP contribution in [-0.2, 0) is 22.7 Å². The average Bonchev–Trinajstić information content (AvgIpc) is 2.84. The number of carbonyl (C=O) groups excluding carboxylic acids is 2. The minimum absolute atomic E-state index is 0.0641. The molecule has 1 unspecified atom stereocenters. The maximum absolute atomic E-state index is 12.9. The van der Waals surface area contributed by atoms with Gasteiger partial charge in [0.1, 0.15) is 5.54 Å². The molecule has 0 saturated carbocycles. The van der Waals surface area contributed by atoms with Crippen molar-refractivity contribution in [3.63, 3.8) is 0 Å². The van der Waals surface area contributed by atoms with Gasteiger partial charge >= 0.3 is 0 Å². The molecule has 1 aliphatic heterocycles. The number of benzene rings is 2. The summed E-state index contributed by atoms with van der Waals surface area (Å²) in [7, 11) is 0. The molecule has 3 N–H and O–H groups in total. The molecule has 6 nitrogen and oxygen atoms in total. The van der Waals surface area contributed by atoms with Gasteiger partial charge < -0.3 is 11.1 Å². The van der Waals surface area contributed by atoms with Crippen molar-refractivity contribution in [3.05, 3.63) is 70.7 Å². The van der Waals surface area contributed by atoms with Gasteiger partial charge in [-0.05, 0) is 30.2 Å². The Labute approximate surface area is 163 Å². The average molecular weight is 385 g/mol. The van der Waals surface area contributed by atoms with Gasteiger partial charge in [-0.2, -0.15) is 0 Å². The Morgan fingerprint density at radius 1 is 1.19 bits per heavy atom. The number of guanidine groups is 1. The zero-order valence-corrected chi connectivity index (χ0v) is 15.7. The van der Waals surface area contributed by atoms with Gasteiger partial charge in [0, 0.05) is 11.6 Å². The van der Waals surface area contributed by atoms with E-state index < -0.39 is 5.54 Å². The number of aliphatic imine (C=N–C) groups is 1. The van der Waals surface area contributed by atoms with E-state index >= 15 is 0 Å². The van der Waals surface area contributed by atoms with E-state index in [9.17, 15) is 9.59 Å². The predicted molar refractivity (Wildman–Crippen MR) is 105 cm³/mol. The molecule has 1 aliphatic rings. The molecule has 7 heteroatoms. The van der Waals surface area contributed by atoms with Crippen LogP contribution in [0.5, 0.6) is 0 Å². The van der Waals surface area contributed by atoms with Crippen molar-refractivity contribution in [2.75, 3.05) is 0 Å². The third kappa shape index (κ3) is 4.46. The molecule has 2 aromatic carbocycles. The highest BCUT2D eigenvalue weighted by Crippen LogP contribution is 2.27. The second kappa shape index (κ2) is 7.80. The molecule has 0 aliphatic carbocycles. The van der Waals surface area contributed by atoms with Crippen LogP contribution in [-0.4, -0.2) is 28.2 Å². The van der Waals surface area contributed by atoms with Crippen molar-refractivity contribution in [3.8, 4) is 0 Å². The molecule has 3 rings (SSSR count). The van der Waals surface area contributed by atoms with Gasteiger partial charge in [-0.1, -0.05) is 54.1 Å². The van der Waals surface area contributed by atoms with Gasteiger partial charge in [0.2, 0.25) is 5.91 Å². The molecule has 0 aromatic heterocycles. The molecule has 1 heterocycles. The molecule has 27 heavy (non-hydrogen) atoms. The Hall–Kier alpha value is -2.86. The van der Waals surface area contributed by atoms with E-state index in [2.05, 4.69) is 10.3 Å². The second-order valence-electron chi connectivity index (χ2n) is 6.70. The van der Waals surface area contributed by atoms with Crippen LogP contribution in [0.25, 0.3) is 0 Å². The van der Waals surface area contributed by atoms with Crippen LogP contribution in [0, 0.1) is 0 Å². The third-order valence-corrected chi connectivity index (χ3v) is 4.65. The fourth-order valence-electron chi connectivity index (χ4n) is 3.01. The highest BCUT2D eigenvalue weighted by molar-refractivity contribution is 6.30.